The monoisotopic (exact) mass is 598 g/mol. The molecule has 3 aliphatic rings. The van der Waals surface area contributed by atoms with E-state index in [9.17, 15) is 22.9 Å². The van der Waals surface area contributed by atoms with Crippen LogP contribution in [0.4, 0.5) is 10.1 Å². The molecule has 40 heavy (non-hydrogen) atoms. The van der Waals surface area contributed by atoms with Gasteiger partial charge >= 0.3 is 0 Å². The Labute approximate surface area is 242 Å². The molecule has 1 aliphatic heterocycles. The molecule has 3 aromatic rings. The number of nitriles is 1. The maximum Gasteiger partial charge on any atom is 0.153 e. The SMILES string of the molecule is Cc1ncc(-c2nc([C@@H]3CC[C@H](F)C[C@H]3C(=O)CC3(C#N)CC3)c(-c3ccc(N4CCS(=O)(=O)CC4)cc3)s2)s1. The Morgan fingerprint density at radius 1 is 1.18 bits per heavy atom. The van der Waals surface area contributed by atoms with Crippen molar-refractivity contribution in [2.75, 3.05) is 29.5 Å². The van der Waals surface area contributed by atoms with Gasteiger partial charge in [-0.2, -0.15) is 5.26 Å². The first-order chi connectivity index (χ1) is 19.2. The van der Waals surface area contributed by atoms with Crippen LogP contribution in [0.25, 0.3) is 20.3 Å². The van der Waals surface area contributed by atoms with Crippen LogP contribution in [0.1, 0.15) is 55.1 Å². The number of alkyl halides is 1. The van der Waals surface area contributed by atoms with Crippen LogP contribution in [0, 0.1) is 29.6 Å². The van der Waals surface area contributed by atoms with Crippen molar-refractivity contribution in [2.45, 2.75) is 57.5 Å². The highest BCUT2D eigenvalue weighted by atomic mass is 32.2. The van der Waals surface area contributed by atoms with Gasteiger partial charge in [-0.25, -0.2) is 22.8 Å². The Morgan fingerprint density at radius 3 is 2.52 bits per heavy atom. The number of Topliss-reactive ketones (excluding diaryl/α,β-unsaturated/α-hetero) is 1. The summed E-state index contributed by atoms with van der Waals surface area (Å²) in [7, 11) is -2.96. The van der Waals surface area contributed by atoms with E-state index in [4.69, 9.17) is 4.98 Å². The number of sulfone groups is 1. The summed E-state index contributed by atoms with van der Waals surface area (Å²) in [5.74, 6) is -0.414. The lowest BCUT2D eigenvalue weighted by Crippen LogP contribution is -2.40. The normalized spacial score (nSPS) is 25.3. The van der Waals surface area contributed by atoms with Gasteiger partial charge < -0.3 is 4.90 Å². The number of aromatic nitrogens is 2. The van der Waals surface area contributed by atoms with Gasteiger partial charge in [-0.3, -0.25) is 4.79 Å². The summed E-state index contributed by atoms with van der Waals surface area (Å²) >= 11 is 3.14. The largest absolute Gasteiger partial charge is 0.369 e. The smallest absolute Gasteiger partial charge is 0.153 e. The van der Waals surface area contributed by atoms with E-state index < -0.39 is 27.3 Å². The first-order valence-electron chi connectivity index (χ1n) is 13.7. The Morgan fingerprint density at radius 2 is 1.90 bits per heavy atom. The highest BCUT2D eigenvalue weighted by Gasteiger charge is 2.48. The highest BCUT2D eigenvalue weighted by Crippen LogP contribution is 2.52. The molecule has 11 heteroatoms. The third-order valence-corrected chi connectivity index (χ3v) is 12.3. The number of thiazole rings is 2. The number of anilines is 1. The maximum absolute atomic E-state index is 14.7. The summed E-state index contributed by atoms with van der Waals surface area (Å²) in [4.78, 5) is 27.0. The van der Waals surface area contributed by atoms with E-state index in [1.54, 1.807) is 22.7 Å². The van der Waals surface area contributed by atoms with Crippen LogP contribution in [0.15, 0.2) is 30.5 Å². The third kappa shape index (κ3) is 5.58. The van der Waals surface area contributed by atoms with E-state index in [1.165, 1.54) is 0 Å². The average Bonchev–Trinajstić information content (AvgIpc) is 3.35. The second-order valence-corrected chi connectivity index (χ2v) is 15.9. The van der Waals surface area contributed by atoms with Crippen molar-refractivity contribution >= 4 is 44.0 Å². The van der Waals surface area contributed by atoms with Gasteiger partial charge in [-0.05, 0) is 56.7 Å². The number of hydrogen-bond donors (Lipinski definition) is 0. The Bertz CT molecular complexity index is 1560. The fourth-order valence-corrected chi connectivity index (χ4v) is 9.06. The number of carbonyl (C=O) groups is 1. The lowest BCUT2D eigenvalue weighted by atomic mass is 9.72. The fraction of sp³-hybridized carbons (Fsp3) is 0.517. The third-order valence-electron chi connectivity index (χ3n) is 8.48. The molecule has 0 N–H and O–H groups in total. The zero-order valence-corrected chi connectivity index (χ0v) is 24.8. The van der Waals surface area contributed by atoms with Gasteiger partial charge in [0.2, 0.25) is 0 Å². The molecule has 2 aliphatic carbocycles. The van der Waals surface area contributed by atoms with Crippen LogP contribution in [0.5, 0.6) is 0 Å². The number of rotatable bonds is 7. The van der Waals surface area contributed by atoms with Crippen LogP contribution in [0.3, 0.4) is 0 Å². The predicted molar refractivity (Wildman–Crippen MR) is 156 cm³/mol. The molecule has 3 fully saturated rings. The molecule has 2 saturated carbocycles. The molecule has 3 atom stereocenters. The number of ketones is 1. The number of hydrogen-bond acceptors (Lipinski definition) is 9. The van der Waals surface area contributed by atoms with E-state index >= 15 is 0 Å². The maximum atomic E-state index is 14.7. The summed E-state index contributed by atoms with van der Waals surface area (Å²) in [6, 6.07) is 10.4. The summed E-state index contributed by atoms with van der Waals surface area (Å²) in [6.45, 7) is 2.90. The van der Waals surface area contributed by atoms with Crippen molar-refractivity contribution in [1.29, 1.82) is 5.26 Å². The minimum atomic E-state index is -2.96. The molecule has 0 bridgehead atoms. The van der Waals surface area contributed by atoms with Gasteiger partial charge in [-0.1, -0.05) is 12.1 Å². The number of halogens is 1. The lowest BCUT2D eigenvalue weighted by molar-refractivity contribution is -0.126. The molecule has 0 amide bonds. The number of nitrogens with zero attached hydrogens (tertiary/aromatic N) is 4. The van der Waals surface area contributed by atoms with E-state index in [0.717, 1.165) is 49.6 Å². The van der Waals surface area contributed by atoms with Crippen LogP contribution in [-0.2, 0) is 14.6 Å². The Hall–Kier alpha value is -2.68. The Kier molecular flexibility index (Phi) is 7.30. The number of aryl methyl sites for hydroxylation is 1. The minimum absolute atomic E-state index is 0.0177. The highest BCUT2D eigenvalue weighted by molar-refractivity contribution is 7.91. The topological polar surface area (TPSA) is 104 Å². The minimum Gasteiger partial charge on any atom is -0.369 e. The molecule has 210 valence electrons. The fourth-order valence-electron chi connectivity index (χ4n) is 5.90. The number of carbonyl (C=O) groups excluding carboxylic acids is 1. The first-order valence-corrected chi connectivity index (χ1v) is 17.2. The molecular weight excluding hydrogens is 568 g/mol. The molecule has 6 rings (SSSR count). The van der Waals surface area contributed by atoms with Gasteiger partial charge in [0.25, 0.3) is 0 Å². The lowest BCUT2D eigenvalue weighted by Gasteiger charge is -2.32. The summed E-state index contributed by atoms with van der Waals surface area (Å²) in [5, 5.41) is 11.4. The van der Waals surface area contributed by atoms with Gasteiger partial charge in [0.05, 0.1) is 43.4 Å². The van der Waals surface area contributed by atoms with Crippen molar-refractivity contribution in [3.63, 3.8) is 0 Å². The average molecular weight is 599 g/mol. The first kappa shape index (κ1) is 27.5. The molecule has 1 aromatic carbocycles. The van der Waals surface area contributed by atoms with Gasteiger partial charge in [-0.15, -0.1) is 22.7 Å². The second-order valence-electron chi connectivity index (χ2n) is 11.3. The molecular formula is C29H31FN4O3S3. The summed E-state index contributed by atoms with van der Waals surface area (Å²) < 4.78 is 38.4. The molecule has 0 unspecified atom stereocenters. The van der Waals surface area contributed by atoms with Crippen molar-refractivity contribution in [2.24, 2.45) is 11.3 Å². The molecule has 0 spiro atoms. The van der Waals surface area contributed by atoms with Gasteiger partial charge in [0.1, 0.15) is 17.0 Å². The predicted octanol–water partition coefficient (Wildman–Crippen LogP) is 5.96. The number of benzene rings is 1. The van der Waals surface area contributed by atoms with Crippen LogP contribution in [0.2, 0.25) is 0 Å². The van der Waals surface area contributed by atoms with Crippen LogP contribution in [-0.4, -0.2) is 54.9 Å². The zero-order valence-electron chi connectivity index (χ0n) is 22.3. The van der Waals surface area contributed by atoms with Crippen molar-refractivity contribution in [3.8, 4) is 26.4 Å². The Balaban J connectivity index is 1.35. The zero-order chi connectivity index (χ0) is 28.1. The summed E-state index contributed by atoms with van der Waals surface area (Å²) in [6.07, 6.45) is 3.56. The molecule has 2 aromatic heterocycles. The van der Waals surface area contributed by atoms with Crippen LogP contribution < -0.4 is 4.90 Å². The second kappa shape index (κ2) is 10.6. The van der Waals surface area contributed by atoms with Gasteiger partial charge in [0, 0.05) is 43.2 Å². The quantitative estimate of drug-likeness (QED) is 0.330. The van der Waals surface area contributed by atoms with E-state index in [-0.39, 0.29) is 36.0 Å². The van der Waals surface area contributed by atoms with Crippen LogP contribution >= 0.6 is 22.7 Å². The van der Waals surface area contributed by atoms with Gasteiger partial charge in [0.15, 0.2) is 9.84 Å². The van der Waals surface area contributed by atoms with E-state index in [0.29, 0.717) is 25.9 Å². The molecule has 7 nitrogen and oxygen atoms in total. The standard InChI is InChI=1S/C29H31FN4O3S3/c1-18-32-16-25(38-18)28-33-26(22-7-4-20(30)14-23(22)24(35)15-29(17-31)8-9-29)27(39-28)19-2-5-21(6-3-19)34-10-12-40(36,37)13-11-34/h2-3,5-6,16,20,22-23H,4,7-15H2,1H3/t20-,22+,23+/m0/s1. The molecule has 1 saturated heterocycles. The molecule has 3 heterocycles. The van der Waals surface area contributed by atoms with Crippen molar-refractivity contribution < 1.29 is 17.6 Å². The molecule has 0 radical (unpaired) electrons. The van der Waals surface area contributed by atoms with Crippen molar-refractivity contribution in [3.05, 3.63) is 41.2 Å². The summed E-state index contributed by atoms with van der Waals surface area (Å²) in [5.41, 5.74) is 2.21. The van der Waals surface area contributed by atoms with E-state index in [1.807, 2.05) is 37.4 Å². The van der Waals surface area contributed by atoms with Crippen molar-refractivity contribution in [1.82, 2.24) is 9.97 Å². The van der Waals surface area contributed by atoms with E-state index in [2.05, 4.69) is 16.0 Å².